The van der Waals surface area contributed by atoms with Crippen LogP contribution in [-0.4, -0.2) is 29.7 Å². The van der Waals surface area contributed by atoms with E-state index in [4.69, 9.17) is 4.74 Å². The van der Waals surface area contributed by atoms with Crippen molar-refractivity contribution in [3.8, 4) is 0 Å². The van der Waals surface area contributed by atoms with Crippen molar-refractivity contribution in [2.75, 3.05) is 24.6 Å². The van der Waals surface area contributed by atoms with Crippen LogP contribution in [0.1, 0.15) is 47.2 Å². The number of ether oxygens (including phenoxy) is 1. The van der Waals surface area contributed by atoms with Crippen LogP contribution < -0.4 is 4.90 Å². The Morgan fingerprint density at radius 1 is 1.15 bits per heavy atom. The first kappa shape index (κ1) is 18.2. The highest BCUT2D eigenvalue weighted by Gasteiger charge is 2.32. The SMILES string of the molecule is Cc1nc2c(c(N3CCOC(c4cccc(C(F)(F)F)c4)C3)n1)CCCC2. The summed E-state index contributed by atoms with van der Waals surface area (Å²) in [5.41, 5.74) is 2.22. The zero-order chi connectivity index (χ0) is 19.0. The quantitative estimate of drug-likeness (QED) is 0.784. The molecule has 0 N–H and O–H groups in total. The van der Waals surface area contributed by atoms with Gasteiger partial charge in [-0.05, 0) is 50.3 Å². The molecule has 1 unspecified atom stereocenters. The number of aromatic nitrogens is 2. The minimum atomic E-state index is -4.35. The molecule has 0 bridgehead atoms. The maximum atomic E-state index is 13.0. The third-order valence-electron chi connectivity index (χ3n) is 5.22. The molecular weight excluding hydrogens is 355 g/mol. The van der Waals surface area contributed by atoms with E-state index in [1.807, 2.05) is 6.92 Å². The van der Waals surface area contributed by atoms with E-state index in [9.17, 15) is 13.2 Å². The number of alkyl halides is 3. The Morgan fingerprint density at radius 2 is 1.96 bits per heavy atom. The topological polar surface area (TPSA) is 38.2 Å². The van der Waals surface area contributed by atoms with Crippen molar-refractivity contribution in [2.45, 2.75) is 44.9 Å². The monoisotopic (exact) mass is 377 g/mol. The Labute approximate surface area is 156 Å². The number of hydrogen-bond acceptors (Lipinski definition) is 4. The lowest BCUT2D eigenvalue weighted by Crippen LogP contribution is -2.40. The molecule has 2 aliphatic rings. The van der Waals surface area contributed by atoms with Gasteiger partial charge in [0.15, 0.2) is 0 Å². The second-order valence-electron chi connectivity index (χ2n) is 7.16. The number of rotatable bonds is 2. The Morgan fingerprint density at radius 3 is 2.78 bits per heavy atom. The number of nitrogens with zero attached hydrogens (tertiary/aromatic N) is 3. The van der Waals surface area contributed by atoms with Crippen LogP contribution in [0, 0.1) is 6.92 Å². The maximum Gasteiger partial charge on any atom is 0.416 e. The zero-order valence-electron chi connectivity index (χ0n) is 15.2. The first-order valence-electron chi connectivity index (χ1n) is 9.32. The van der Waals surface area contributed by atoms with Crippen molar-refractivity contribution >= 4 is 5.82 Å². The van der Waals surface area contributed by atoms with E-state index in [2.05, 4.69) is 14.9 Å². The summed E-state index contributed by atoms with van der Waals surface area (Å²) in [6, 6.07) is 5.42. The van der Waals surface area contributed by atoms with Gasteiger partial charge in [0.25, 0.3) is 0 Å². The van der Waals surface area contributed by atoms with Gasteiger partial charge in [-0.3, -0.25) is 0 Å². The number of halogens is 3. The maximum absolute atomic E-state index is 13.0. The summed E-state index contributed by atoms with van der Waals surface area (Å²) in [7, 11) is 0. The highest BCUT2D eigenvalue weighted by molar-refractivity contribution is 5.51. The van der Waals surface area contributed by atoms with E-state index >= 15 is 0 Å². The lowest BCUT2D eigenvalue weighted by Gasteiger charge is -2.36. The van der Waals surface area contributed by atoms with Crippen molar-refractivity contribution in [1.82, 2.24) is 9.97 Å². The molecule has 1 aromatic carbocycles. The second kappa shape index (κ2) is 7.11. The number of fused-ring (bicyclic) bond motifs is 1. The minimum Gasteiger partial charge on any atom is -0.370 e. The van der Waals surface area contributed by atoms with Gasteiger partial charge in [-0.1, -0.05) is 12.1 Å². The Balaban J connectivity index is 1.62. The molecule has 7 heteroatoms. The summed E-state index contributed by atoms with van der Waals surface area (Å²) < 4.78 is 44.9. The molecule has 1 fully saturated rings. The van der Waals surface area contributed by atoms with Crippen LogP contribution in [0.5, 0.6) is 0 Å². The average Bonchev–Trinajstić information content (AvgIpc) is 2.67. The molecule has 2 aromatic rings. The largest absolute Gasteiger partial charge is 0.416 e. The van der Waals surface area contributed by atoms with Gasteiger partial charge in [-0.25, -0.2) is 9.97 Å². The second-order valence-corrected chi connectivity index (χ2v) is 7.16. The fourth-order valence-corrected chi connectivity index (χ4v) is 3.91. The molecule has 1 aliphatic heterocycles. The van der Waals surface area contributed by atoms with Crippen LogP contribution in [-0.2, 0) is 23.8 Å². The third kappa shape index (κ3) is 3.78. The smallest absolute Gasteiger partial charge is 0.370 e. The Kier molecular flexibility index (Phi) is 4.80. The number of aryl methyl sites for hydroxylation is 2. The lowest BCUT2D eigenvalue weighted by atomic mass is 9.95. The Hall–Kier alpha value is -2.15. The first-order chi connectivity index (χ1) is 12.9. The minimum absolute atomic E-state index is 0.407. The molecule has 0 saturated carbocycles. The number of anilines is 1. The predicted molar refractivity (Wildman–Crippen MR) is 95.8 cm³/mol. The number of benzene rings is 1. The molecule has 0 spiro atoms. The summed E-state index contributed by atoms with van der Waals surface area (Å²) >= 11 is 0. The summed E-state index contributed by atoms with van der Waals surface area (Å²) in [5.74, 6) is 1.67. The molecule has 2 heterocycles. The van der Waals surface area contributed by atoms with E-state index in [0.717, 1.165) is 49.1 Å². The molecule has 1 aliphatic carbocycles. The molecule has 1 saturated heterocycles. The van der Waals surface area contributed by atoms with Crippen LogP contribution in [0.15, 0.2) is 24.3 Å². The van der Waals surface area contributed by atoms with Gasteiger partial charge in [0, 0.05) is 24.3 Å². The Bertz CT molecular complexity index is 838. The molecule has 1 atom stereocenters. The van der Waals surface area contributed by atoms with Crippen LogP contribution in [0.25, 0.3) is 0 Å². The highest BCUT2D eigenvalue weighted by atomic mass is 19.4. The summed E-state index contributed by atoms with van der Waals surface area (Å²) in [5, 5.41) is 0. The van der Waals surface area contributed by atoms with Gasteiger partial charge < -0.3 is 9.64 Å². The fraction of sp³-hybridized carbons (Fsp3) is 0.500. The molecule has 4 rings (SSSR count). The van der Waals surface area contributed by atoms with Crippen LogP contribution in [0.2, 0.25) is 0 Å². The molecule has 0 radical (unpaired) electrons. The van der Waals surface area contributed by atoms with Crippen LogP contribution >= 0.6 is 0 Å². The van der Waals surface area contributed by atoms with Crippen molar-refractivity contribution < 1.29 is 17.9 Å². The number of hydrogen-bond donors (Lipinski definition) is 0. The van der Waals surface area contributed by atoms with E-state index < -0.39 is 17.8 Å². The lowest BCUT2D eigenvalue weighted by molar-refractivity contribution is -0.137. The molecule has 1 aromatic heterocycles. The number of morpholine rings is 1. The predicted octanol–water partition coefficient (Wildman–Crippen LogP) is 4.26. The van der Waals surface area contributed by atoms with Crippen molar-refractivity contribution in [1.29, 1.82) is 0 Å². The first-order valence-corrected chi connectivity index (χ1v) is 9.32. The van der Waals surface area contributed by atoms with Gasteiger partial charge in [0.2, 0.25) is 0 Å². The molecule has 4 nitrogen and oxygen atoms in total. The molecule has 27 heavy (non-hydrogen) atoms. The summed E-state index contributed by atoms with van der Waals surface area (Å²) in [6.45, 7) is 3.52. The molecule has 0 amide bonds. The fourth-order valence-electron chi connectivity index (χ4n) is 3.91. The third-order valence-corrected chi connectivity index (χ3v) is 5.22. The van der Waals surface area contributed by atoms with E-state index in [0.29, 0.717) is 25.3 Å². The van der Waals surface area contributed by atoms with Crippen molar-refractivity contribution in [2.24, 2.45) is 0 Å². The molecular formula is C20H22F3N3O. The van der Waals surface area contributed by atoms with E-state index in [1.54, 1.807) is 6.07 Å². The summed E-state index contributed by atoms with van der Waals surface area (Å²) in [4.78, 5) is 11.4. The normalized spacial score (nSPS) is 20.4. The van der Waals surface area contributed by atoms with Gasteiger partial charge in [-0.2, -0.15) is 13.2 Å². The van der Waals surface area contributed by atoms with Crippen LogP contribution in [0.4, 0.5) is 19.0 Å². The van der Waals surface area contributed by atoms with Gasteiger partial charge in [0.1, 0.15) is 17.7 Å². The average molecular weight is 377 g/mol. The van der Waals surface area contributed by atoms with Gasteiger partial charge >= 0.3 is 6.18 Å². The standard InChI is InChI=1S/C20H22F3N3O/c1-13-24-17-8-3-2-7-16(17)19(25-13)26-9-10-27-18(12-26)14-5-4-6-15(11-14)20(21,22)23/h4-6,11,18H,2-3,7-10,12H2,1H3. The molecule has 144 valence electrons. The van der Waals surface area contributed by atoms with E-state index in [1.165, 1.54) is 17.7 Å². The summed E-state index contributed by atoms with van der Waals surface area (Å²) in [6.07, 6.45) is -0.584. The van der Waals surface area contributed by atoms with Crippen LogP contribution in [0.3, 0.4) is 0 Å². The van der Waals surface area contributed by atoms with E-state index in [-0.39, 0.29) is 0 Å². The zero-order valence-corrected chi connectivity index (χ0v) is 15.2. The van der Waals surface area contributed by atoms with Crippen molar-refractivity contribution in [3.05, 3.63) is 52.5 Å². The van der Waals surface area contributed by atoms with Crippen molar-refractivity contribution in [3.63, 3.8) is 0 Å². The van der Waals surface area contributed by atoms with Gasteiger partial charge in [-0.15, -0.1) is 0 Å². The highest BCUT2D eigenvalue weighted by Crippen LogP contribution is 2.34. The van der Waals surface area contributed by atoms with Gasteiger partial charge in [0.05, 0.1) is 12.2 Å².